The molecule has 2 heteroatoms. The van der Waals surface area contributed by atoms with Crippen LogP contribution in [0.15, 0.2) is 36.4 Å². The van der Waals surface area contributed by atoms with Gasteiger partial charge in [-0.05, 0) is 58.1 Å². The van der Waals surface area contributed by atoms with E-state index in [1.165, 1.54) is 30.4 Å². The maximum atomic E-state index is 10.5. The molecule has 1 aliphatic rings. The van der Waals surface area contributed by atoms with Crippen molar-refractivity contribution in [3.05, 3.63) is 58.7 Å². The third-order valence-corrected chi connectivity index (χ3v) is 6.42. The molecule has 0 aromatic heterocycles. The molecule has 2 N–H and O–H groups in total. The molecule has 0 aliphatic heterocycles. The Bertz CT molecular complexity index is 778. The number of hydrogen-bond donors (Lipinski definition) is 2. The molecule has 2 aromatic carbocycles. The molecule has 1 fully saturated rings. The summed E-state index contributed by atoms with van der Waals surface area (Å²) in [5.41, 5.74) is 4.32. The highest BCUT2D eigenvalue weighted by atomic mass is 16.3. The van der Waals surface area contributed by atoms with E-state index in [0.29, 0.717) is 11.5 Å². The van der Waals surface area contributed by atoms with Crippen molar-refractivity contribution in [2.45, 2.75) is 89.9 Å². The summed E-state index contributed by atoms with van der Waals surface area (Å²) in [6.07, 6.45) is 5.90. The Kier molecular flexibility index (Phi) is 5.29. The minimum absolute atomic E-state index is 0.0559. The van der Waals surface area contributed by atoms with Crippen LogP contribution in [0.25, 0.3) is 0 Å². The van der Waals surface area contributed by atoms with Gasteiger partial charge in [0.1, 0.15) is 11.5 Å². The number of aromatic hydroxyl groups is 2. The third-order valence-electron chi connectivity index (χ3n) is 6.42. The molecule has 0 heterocycles. The van der Waals surface area contributed by atoms with Gasteiger partial charge in [-0.25, -0.2) is 0 Å². The standard InChI is InChI=1S/C26H36O2/c1-24(2,3)20-16-18(10-12-22(20)27)26(14-8-7-9-15-26)19-11-13-23(28)21(17-19)25(4,5)6/h10-13,16-17,27-28H,7-9,14-15H2,1-6H3. The maximum absolute atomic E-state index is 10.5. The van der Waals surface area contributed by atoms with Gasteiger partial charge in [0, 0.05) is 5.41 Å². The molecule has 1 saturated carbocycles. The van der Waals surface area contributed by atoms with Crippen molar-refractivity contribution in [1.29, 1.82) is 0 Å². The van der Waals surface area contributed by atoms with E-state index in [1.54, 1.807) is 0 Å². The monoisotopic (exact) mass is 380 g/mol. The van der Waals surface area contributed by atoms with Gasteiger partial charge in [0.2, 0.25) is 0 Å². The average Bonchev–Trinajstić information content (AvgIpc) is 2.61. The zero-order valence-corrected chi connectivity index (χ0v) is 18.4. The largest absolute Gasteiger partial charge is 0.508 e. The van der Waals surface area contributed by atoms with Gasteiger partial charge in [0.25, 0.3) is 0 Å². The normalized spacial score (nSPS) is 17.5. The van der Waals surface area contributed by atoms with Crippen molar-refractivity contribution in [3.63, 3.8) is 0 Å². The summed E-state index contributed by atoms with van der Waals surface area (Å²) in [6, 6.07) is 12.4. The fourth-order valence-electron chi connectivity index (χ4n) is 4.77. The van der Waals surface area contributed by atoms with Gasteiger partial charge >= 0.3 is 0 Å². The number of hydrogen-bond acceptors (Lipinski definition) is 2. The maximum Gasteiger partial charge on any atom is 0.119 e. The Morgan fingerprint density at radius 3 is 1.39 bits per heavy atom. The van der Waals surface area contributed by atoms with Gasteiger partial charge in [0.05, 0.1) is 0 Å². The van der Waals surface area contributed by atoms with Crippen molar-refractivity contribution in [1.82, 2.24) is 0 Å². The van der Waals surface area contributed by atoms with E-state index in [4.69, 9.17) is 0 Å². The fraction of sp³-hybridized carbons (Fsp3) is 0.538. The molecule has 3 rings (SSSR count). The highest BCUT2D eigenvalue weighted by Gasteiger charge is 2.37. The van der Waals surface area contributed by atoms with Crippen LogP contribution in [-0.4, -0.2) is 10.2 Å². The van der Waals surface area contributed by atoms with Crippen LogP contribution in [0, 0.1) is 0 Å². The van der Waals surface area contributed by atoms with Crippen LogP contribution in [0.5, 0.6) is 11.5 Å². The minimum atomic E-state index is -0.110. The summed E-state index contributed by atoms with van der Waals surface area (Å²) in [7, 11) is 0. The van der Waals surface area contributed by atoms with Gasteiger partial charge in [-0.1, -0.05) is 85.1 Å². The average molecular weight is 381 g/mol. The van der Waals surface area contributed by atoms with Crippen molar-refractivity contribution in [2.75, 3.05) is 0 Å². The Hall–Kier alpha value is -1.96. The van der Waals surface area contributed by atoms with Crippen LogP contribution in [0.4, 0.5) is 0 Å². The molecule has 0 unspecified atom stereocenters. The van der Waals surface area contributed by atoms with E-state index < -0.39 is 0 Å². The second-order valence-electron chi connectivity index (χ2n) is 10.6. The van der Waals surface area contributed by atoms with E-state index in [-0.39, 0.29) is 16.2 Å². The van der Waals surface area contributed by atoms with E-state index >= 15 is 0 Å². The highest BCUT2D eigenvalue weighted by molar-refractivity contribution is 5.50. The van der Waals surface area contributed by atoms with Crippen LogP contribution < -0.4 is 0 Å². The topological polar surface area (TPSA) is 40.5 Å². The molecule has 2 aromatic rings. The van der Waals surface area contributed by atoms with Crippen LogP contribution in [-0.2, 0) is 16.2 Å². The smallest absolute Gasteiger partial charge is 0.119 e. The number of phenolic OH excluding ortho intramolecular Hbond substituents is 2. The Balaban J connectivity index is 2.21. The Morgan fingerprint density at radius 1 is 0.643 bits per heavy atom. The van der Waals surface area contributed by atoms with Crippen molar-refractivity contribution in [3.8, 4) is 11.5 Å². The lowest BCUT2D eigenvalue weighted by Gasteiger charge is -2.40. The Morgan fingerprint density at radius 2 is 1.04 bits per heavy atom. The van der Waals surface area contributed by atoms with Gasteiger partial charge in [-0.2, -0.15) is 0 Å². The van der Waals surface area contributed by atoms with Crippen LogP contribution in [0.2, 0.25) is 0 Å². The van der Waals surface area contributed by atoms with E-state index in [0.717, 1.165) is 24.0 Å². The van der Waals surface area contributed by atoms with Gasteiger partial charge in [0.15, 0.2) is 0 Å². The molecular weight excluding hydrogens is 344 g/mol. The minimum Gasteiger partial charge on any atom is -0.508 e. The first-order valence-corrected chi connectivity index (χ1v) is 10.6. The first kappa shape index (κ1) is 20.8. The van der Waals surface area contributed by atoms with Crippen molar-refractivity contribution >= 4 is 0 Å². The molecule has 28 heavy (non-hydrogen) atoms. The second kappa shape index (κ2) is 7.13. The first-order chi connectivity index (χ1) is 12.9. The van der Waals surface area contributed by atoms with Gasteiger partial charge in [-0.3, -0.25) is 0 Å². The summed E-state index contributed by atoms with van der Waals surface area (Å²) < 4.78 is 0. The molecular formula is C26H36O2. The predicted molar refractivity (Wildman–Crippen MR) is 117 cm³/mol. The summed E-state index contributed by atoms with van der Waals surface area (Å²) in [5.74, 6) is 0.756. The molecule has 0 amide bonds. The van der Waals surface area contributed by atoms with E-state index in [9.17, 15) is 10.2 Å². The molecule has 152 valence electrons. The van der Waals surface area contributed by atoms with E-state index in [1.807, 2.05) is 12.1 Å². The zero-order valence-electron chi connectivity index (χ0n) is 18.4. The number of benzene rings is 2. The summed E-state index contributed by atoms with van der Waals surface area (Å²) in [4.78, 5) is 0. The highest BCUT2D eigenvalue weighted by Crippen LogP contribution is 2.48. The third kappa shape index (κ3) is 3.79. The summed E-state index contributed by atoms with van der Waals surface area (Å²) in [6.45, 7) is 12.9. The lowest BCUT2D eigenvalue weighted by Crippen LogP contribution is -2.31. The van der Waals surface area contributed by atoms with Crippen LogP contribution in [0.1, 0.15) is 95.9 Å². The summed E-state index contributed by atoms with van der Waals surface area (Å²) >= 11 is 0. The number of rotatable bonds is 2. The fourth-order valence-corrected chi connectivity index (χ4v) is 4.77. The predicted octanol–water partition coefficient (Wildman–Crippen LogP) is 6.94. The van der Waals surface area contributed by atoms with Gasteiger partial charge in [-0.15, -0.1) is 0 Å². The lowest BCUT2D eigenvalue weighted by atomic mass is 9.64. The second-order valence-corrected chi connectivity index (χ2v) is 10.6. The first-order valence-electron chi connectivity index (χ1n) is 10.6. The van der Waals surface area contributed by atoms with Gasteiger partial charge < -0.3 is 10.2 Å². The summed E-state index contributed by atoms with van der Waals surface area (Å²) in [5, 5.41) is 21.0. The van der Waals surface area contributed by atoms with Crippen LogP contribution >= 0.6 is 0 Å². The van der Waals surface area contributed by atoms with Crippen molar-refractivity contribution < 1.29 is 10.2 Å². The SMILES string of the molecule is CC(C)(C)c1cc(C2(c3ccc(O)c(C(C)(C)C)c3)CCCCC2)ccc1O. The molecule has 0 bridgehead atoms. The zero-order chi connectivity index (χ0) is 20.7. The van der Waals surface area contributed by atoms with Crippen molar-refractivity contribution in [2.24, 2.45) is 0 Å². The number of phenols is 2. The molecule has 1 aliphatic carbocycles. The van der Waals surface area contributed by atoms with Crippen LogP contribution in [0.3, 0.4) is 0 Å². The molecule has 0 spiro atoms. The van der Waals surface area contributed by atoms with E-state index in [2.05, 4.69) is 65.8 Å². The molecule has 0 atom stereocenters. The Labute approximate surface area is 170 Å². The molecule has 2 nitrogen and oxygen atoms in total. The molecule has 0 radical (unpaired) electrons. The lowest BCUT2D eigenvalue weighted by molar-refractivity contribution is 0.343. The quantitative estimate of drug-likeness (QED) is 0.592. The molecule has 0 saturated heterocycles.